The molecule has 0 aromatic carbocycles. The Morgan fingerprint density at radius 3 is 2.55 bits per heavy atom. The van der Waals surface area contributed by atoms with Gasteiger partial charge in [-0.2, -0.15) is 0 Å². The van der Waals surface area contributed by atoms with E-state index >= 15 is 0 Å². The SMILES string of the molecule is CCN1CCC(C)N(C)C1C. The highest BCUT2D eigenvalue weighted by molar-refractivity contribution is 4.78. The van der Waals surface area contributed by atoms with Crippen LogP contribution in [0.15, 0.2) is 0 Å². The summed E-state index contributed by atoms with van der Waals surface area (Å²) in [5, 5.41) is 0. The van der Waals surface area contributed by atoms with E-state index < -0.39 is 0 Å². The van der Waals surface area contributed by atoms with E-state index in [-0.39, 0.29) is 0 Å². The zero-order valence-corrected chi connectivity index (χ0v) is 8.17. The summed E-state index contributed by atoms with van der Waals surface area (Å²) in [6.07, 6.45) is 1.94. The molecular weight excluding hydrogens is 136 g/mol. The van der Waals surface area contributed by atoms with Crippen molar-refractivity contribution >= 4 is 0 Å². The van der Waals surface area contributed by atoms with Crippen molar-refractivity contribution in [3.8, 4) is 0 Å². The van der Waals surface area contributed by atoms with Crippen molar-refractivity contribution < 1.29 is 0 Å². The van der Waals surface area contributed by atoms with Crippen molar-refractivity contribution in [2.45, 2.75) is 39.4 Å². The summed E-state index contributed by atoms with van der Waals surface area (Å²) >= 11 is 0. The van der Waals surface area contributed by atoms with Crippen molar-refractivity contribution in [2.75, 3.05) is 20.1 Å². The van der Waals surface area contributed by atoms with Gasteiger partial charge >= 0.3 is 0 Å². The molecule has 0 aromatic rings. The highest BCUT2D eigenvalue weighted by Crippen LogP contribution is 2.16. The second-order valence-corrected chi connectivity index (χ2v) is 3.56. The number of hydrogen-bond donors (Lipinski definition) is 0. The zero-order valence-electron chi connectivity index (χ0n) is 8.17. The van der Waals surface area contributed by atoms with Crippen LogP contribution in [0.4, 0.5) is 0 Å². The molecule has 1 fully saturated rings. The molecule has 11 heavy (non-hydrogen) atoms. The van der Waals surface area contributed by atoms with Gasteiger partial charge in [-0.3, -0.25) is 9.80 Å². The van der Waals surface area contributed by atoms with Crippen molar-refractivity contribution in [2.24, 2.45) is 0 Å². The van der Waals surface area contributed by atoms with Crippen LogP contribution < -0.4 is 0 Å². The molecule has 2 heteroatoms. The molecule has 1 rings (SSSR count). The van der Waals surface area contributed by atoms with Crippen molar-refractivity contribution in [1.29, 1.82) is 0 Å². The fraction of sp³-hybridized carbons (Fsp3) is 1.00. The maximum absolute atomic E-state index is 2.51. The third-order valence-corrected chi connectivity index (χ3v) is 3.05. The van der Waals surface area contributed by atoms with Gasteiger partial charge in [0.1, 0.15) is 0 Å². The first-order chi connectivity index (χ1) is 5.16. The van der Waals surface area contributed by atoms with Gasteiger partial charge in [0.05, 0.1) is 6.17 Å². The molecule has 2 nitrogen and oxygen atoms in total. The molecule has 2 atom stereocenters. The van der Waals surface area contributed by atoms with Crippen LogP contribution in [0.25, 0.3) is 0 Å². The molecule has 0 saturated carbocycles. The molecule has 0 radical (unpaired) electrons. The van der Waals surface area contributed by atoms with Crippen LogP contribution in [-0.2, 0) is 0 Å². The van der Waals surface area contributed by atoms with Gasteiger partial charge in [0.15, 0.2) is 0 Å². The first-order valence-corrected chi connectivity index (χ1v) is 4.62. The second-order valence-electron chi connectivity index (χ2n) is 3.56. The first-order valence-electron chi connectivity index (χ1n) is 4.62. The molecule has 1 heterocycles. The minimum Gasteiger partial charge on any atom is -0.288 e. The van der Waals surface area contributed by atoms with Gasteiger partial charge in [-0.15, -0.1) is 0 Å². The molecule has 0 bridgehead atoms. The van der Waals surface area contributed by atoms with Crippen LogP contribution in [0.5, 0.6) is 0 Å². The van der Waals surface area contributed by atoms with Crippen LogP contribution in [0.3, 0.4) is 0 Å². The minimum absolute atomic E-state index is 0.628. The van der Waals surface area contributed by atoms with Gasteiger partial charge in [0, 0.05) is 12.6 Å². The van der Waals surface area contributed by atoms with Crippen molar-refractivity contribution in [3.63, 3.8) is 0 Å². The van der Waals surface area contributed by atoms with E-state index in [1.54, 1.807) is 0 Å². The van der Waals surface area contributed by atoms with Crippen LogP contribution in [0.1, 0.15) is 27.2 Å². The summed E-state index contributed by atoms with van der Waals surface area (Å²) in [7, 11) is 2.22. The summed E-state index contributed by atoms with van der Waals surface area (Å²) in [6.45, 7) is 9.28. The molecular formula is C9H20N2. The summed E-state index contributed by atoms with van der Waals surface area (Å²) in [5.41, 5.74) is 0. The molecule has 1 saturated heterocycles. The zero-order chi connectivity index (χ0) is 8.43. The third-order valence-electron chi connectivity index (χ3n) is 3.05. The smallest absolute Gasteiger partial charge is 0.0593 e. The average Bonchev–Trinajstić information content (AvgIpc) is 2.01. The third kappa shape index (κ3) is 1.74. The van der Waals surface area contributed by atoms with E-state index in [2.05, 4.69) is 37.6 Å². The largest absolute Gasteiger partial charge is 0.288 e. The van der Waals surface area contributed by atoms with E-state index in [0.29, 0.717) is 6.17 Å². The maximum Gasteiger partial charge on any atom is 0.0593 e. The molecule has 1 aliphatic heterocycles. The Morgan fingerprint density at radius 2 is 2.00 bits per heavy atom. The molecule has 0 N–H and O–H groups in total. The predicted octanol–water partition coefficient (Wildman–Crippen LogP) is 1.38. The van der Waals surface area contributed by atoms with Gasteiger partial charge in [-0.1, -0.05) is 6.92 Å². The highest BCUT2D eigenvalue weighted by Gasteiger charge is 2.25. The predicted molar refractivity (Wildman–Crippen MR) is 48.6 cm³/mol. The molecule has 0 amide bonds. The van der Waals surface area contributed by atoms with E-state index in [1.807, 2.05) is 0 Å². The standard InChI is InChI=1S/C9H20N2/c1-5-11-7-6-8(2)10(4)9(11)3/h8-9H,5-7H2,1-4H3. The lowest BCUT2D eigenvalue weighted by Gasteiger charge is -2.43. The lowest BCUT2D eigenvalue weighted by atomic mass is 10.1. The minimum atomic E-state index is 0.628. The Morgan fingerprint density at radius 1 is 1.36 bits per heavy atom. The highest BCUT2D eigenvalue weighted by atomic mass is 15.4. The summed E-state index contributed by atoms with van der Waals surface area (Å²) in [4.78, 5) is 4.97. The molecule has 1 aliphatic rings. The van der Waals surface area contributed by atoms with Crippen molar-refractivity contribution in [1.82, 2.24) is 9.80 Å². The molecule has 0 aliphatic carbocycles. The van der Waals surface area contributed by atoms with E-state index in [0.717, 1.165) is 6.04 Å². The molecule has 0 spiro atoms. The Balaban J connectivity index is 2.52. The number of nitrogens with zero attached hydrogens (tertiary/aromatic N) is 2. The lowest BCUT2D eigenvalue weighted by molar-refractivity contribution is 0.00486. The van der Waals surface area contributed by atoms with Crippen LogP contribution in [0, 0.1) is 0 Å². The van der Waals surface area contributed by atoms with Crippen molar-refractivity contribution in [3.05, 3.63) is 0 Å². The summed E-state index contributed by atoms with van der Waals surface area (Å²) in [5.74, 6) is 0. The molecule has 2 unspecified atom stereocenters. The number of rotatable bonds is 1. The first kappa shape index (κ1) is 9.01. The van der Waals surface area contributed by atoms with Gasteiger partial charge < -0.3 is 0 Å². The van der Waals surface area contributed by atoms with Crippen LogP contribution >= 0.6 is 0 Å². The van der Waals surface area contributed by atoms with Gasteiger partial charge in [-0.25, -0.2) is 0 Å². The Bertz CT molecular complexity index is 123. The van der Waals surface area contributed by atoms with Gasteiger partial charge in [0.2, 0.25) is 0 Å². The fourth-order valence-corrected chi connectivity index (χ4v) is 1.79. The number of hydrogen-bond acceptors (Lipinski definition) is 2. The lowest BCUT2D eigenvalue weighted by Crippen LogP contribution is -2.53. The Hall–Kier alpha value is -0.0800. The van der Waals surface area contributed by atoms with Gasteiger partial charge in [0.25, 0.3) is 0 Å². The van der Waals surface area contributed by atoms with E-state index in [1.165, 1.54) is 19.5 Å². The topological polar surface area (TPSA) is 6.48 Å². The fourth-order valence-electron chi connectivity index (χ4n) is 1.79. The molecule has 0 aromatic heterocycles. The summed E-state index contributed by atoms with van der Waals surface area (Å²) < 4.78 is 0. The van der Waals surface area contributed by atoms with Crippen LogP contribution in [0.2, 0.25) is 0 Å². The average molecular weight is 156 g/mol. The molecule has 66 valence electrons. The quantitative estimate of drug-likeness (QED) is 0.566. The Labute approximate surface area is 70.2 Å². The van der Waals surface area contributed by atoms with Gasteiger partial charge in [-0.05, 0) is 33.9 Å². The monoisotopic (exact) mass is 156 g/mol. The van der Waals surface area contributed by atoms with E-state index in [4.69, 9.17) is 0 Å². The van der Waals surface area contributed by atoms with Crippen LogP contribution in [-0.4, -0.2) is 42.1 Å². The second kappa shape index (κ2) is 3.55. The Kier molecular flexibility index (Phi) is 2.90. The normalized spacial score (nSPS) is 36.0. The van der Waals surface area contributed by atoms with E-state index in [9.17, 15) is 0 Å². The maximum atomic E-state index is 2.51. The summed E-state index contributed by atoms with van der Waals surface area (Å²) in [6, 6.07) is 0.757.